The Morgan fingerprint density at radius 3 is 2.67 bits per heavy atom. The molecule has 0 saturated heterocycles. The molecule has 0 spiro atoms. The lowest BCUT2D eigenvalue weighted by atomic mass is 10.3. The normalized spacial score (nSPS) is 10.6. The number of halogens is 2. The van der Waals surface area contributed by atoms with E-state index in [4.69, 9.17) is 23.2 Å². The van der Waals surface area contributed by atoms with E-state index in [1.165, 1.54) is 4.68 Å². The van der Waals surface area contributed by atoms with Crippen LogP contribution >= 0.6 is 35.0 Å². The molecule has 1 N–H and O–H groups in total. The summed E-state index contributed by atoms with van der Waals surface area (Å²) >= 11 is 13.7. The molecular formula is C14H15Cl2N3OS. The van der Waals surface area contributed by atoms with E-state index in [0.717, 1.165) is 18.7 Å². The molecule has 2 aromatic rings. The summed E-state index contributed by atoms with van der Waals surface area (Å²) in [5.74, 6) is 1.06. The van der Waals surface area contributed by atoms with Gasteiger partial charge in [0.2, 0.25) is 0 Å². The van der Waals surface area contributed by atoms with Crippen molar-refractivity contribution in [1.82, 2.24) is 9.78 Å². The van der Waals surface area contributed by atoms with Crippen LogP contribution in [-0.2, 0) is 0 Å². The zero-order valence-electron chi connectivity index (χ0n) is 11.5. The molecule has 112 valence electrons. The Morgan fingerprint density at radius 1 is 1.29 bits per heavy atom. The maximum absolute atomic E-state index is 12.3. The molecule has 0 radical (unpaired) electrons. The molecule has 0 amide bonds. The second-order valence-corrected chi connectivity index (χ2v) is 6.14. The standard InChI is InChI=1S/C14H15Cl2N3OS/c1-21-8-2-7-17-12-9-18-19(14(20)13(12)16)11-5-3-10(15)4-6-11/h3-6,9,17H,2,7-8H2,1H3. The quantitative estimate of drug-likeness (QED) is 0.812. The van der Waals surface area contributed by atoms with Gasteiger partial charge in [-0.3, -0.25) is 4.79 Å². The van der Waals surface area contributed by atoms with Gasteiger partial charge in [-0.1, -0.05) is 23.2 Å². The third-order valence-electron chi connectivity index (χ3n) is 2.83. The molecule has 1 aromatic carbocycles. The smallest absolute Gasteiger partial charge is 0.292 e. The summed E-state index contributed by atoms with van der Waals surface area (Å²) in [5, 5.41) is 8.03. The minimum absolute atomic E-state index is 0.143. The van der Waals surface area contributed by atoms with Crippen LogP contribution in [0.25, 0.3) is 5.69 Å². The first-order chi connectivity index (χ1) is 10.1. The molecule has 0 bridgehead atoms. The van der Waals surface area contributed by atoms with Gasteiger partial charge in [0.1, 0.15) is 5.02 Å². The zero-order valence-corrected chi connectivity index (χ0v) is 13.8. The first-order valence-corrected chi connectivity index (χ1v) is 8.55. The topological polar surface area (TPSA) is 46.9 Å². The summed E-state index contributed by atoms with van der Waals surface area (Å²) in [4.78, 5) is 12.3. The third kappa shape index (κ3) is 4.15. The van der Waals surface area contributed by atoms with Crippen LogP contribution in [0.2, 0.25) is 10.0 Å². The lowest BCUT2D eigenvalue weighted by Crippen LogP contribution is -2.22. The average Bonchev–Trinajstić information content (AvgIpc) is 2.49. The fraction of sp³-hybridized carbons (Fsp3) is 0.286. The fourth-order valence-electron chi connectivity index (χ4n) is 1.76. The second-order valence-electron chi connectivity index (χ2n) is 4.34. The highest BCUT2D eigenvalue weighted by Gasteiger charge is 2.10. The van der Waals surface area contributed by atoms with Gasteiger partial charge >= 0.3 is 0 Å². The van der Waals surface area contributed by atoms with Crippen molar-refractivity contribution in [3.05, 3.63) is 50.9 Å². The minimum atomic E-state index is -0.353. The number of hydrogen-bond acceptors (Lipinski definition) is 4. The van der Waals surface area contributed by atoms with E-state index in [0.29, 0.717) is 16.4 Å². The van der Waals surface area contributed by atoms with E-state index in [-0.39, 0.29) is 10.6 Å². The van der Waals surface area contributed by atoms with Gasteiger partial charge in [-0.05, 0) is 42.7 Å². The highest BCUT2D eigenvalue weighted by molar-refractivity contribution is 7.98. The maximum Gasteiger partial charge on any atom is 0.292 e. The monoisotopic (exact) mass is 343 g/mol. The van der Waals surface area contributed by atoms with Gasteiger partial charge < -0.3 is 5.32 Å². The van der Waals surface area contributed by atoms with Crippen LogP contribution in [0, 0.1) is 0 Å². The summed E-state index contributed by atoms with van der Waals surface area (Å²) in [6, 6.07) is 6.85. The molecule has 0 aliphatic carbocycles. The van der Waals surface area contributed by atoms with E-state index in [1.54, 1.807) is 42.2 Å². The molecular weight excluding hydrogens is 329 g/mol. The molecule has 21 heavy (non-hydrogen) atoms. The van der Waals surface area contributed by atoms with E-state index in [9.17, 15) is 4.79 Å². The Kier molecular flexibility index (Phi) is 5.96. The largest absolute Gasteiger partial charge is 0.382 e. The zero-order chi connectivity index (χ0) is 15.2. The number of thioether (sulfide) groups is 1. The Labute approximate surface area is 137 Å². The number of nitrogens with zero attached hydrogens (tertiary/aromatic N) is 2. The number of aromatic nitrogens is 2. The lowest BCUT2D eigenvalue weighted by Gasteiger charge is -2.10. The SMILES string of the molecule is CSCCCNc1cnn(-c2ccc(Cl)cc2)c(=O)c1Cl. The maximum atomic E-state index is 12.3. The summed E-state index contributed by atoms with van der Waals surface area (Å²) in [5.41, 5.74) is 0.835. The van der Waals surface area contributed by atoms with Crippen molar-refractivity contribution in [3.63, 3.8) is 0 Å². The Bertz CT molecular complexity index is 658. The van der Waals surface area contributed by atoms with Gasteiger partial charge in [-0.2, -0.15) is 21.5 Å². The van der Waals surface area contributed by atoms with Crippen LogP contribution in [0.1, 0.15) is 6.42 Å². The summed E-state index contributed by atoms with van der Waals surface area (Å²) < 4.78 is 1.26. The van der Waals surface area contributed by atoms with Crippen molar-refractivity contribution in [2.45, 2.75) is 6.42 Å². The second kappa shape index (κ2) is 7.73. The van der Waals surface area contributed by atoms with Crippen molar-refractivity contribution in [1.29, 1.82) is 0 Å². The molecule has 0 saturated carbocycles. The van der Waals surface area contributed by atoms with Crippen LogP contribution < -0.4 is 10.9 Å². The molecule has 1 aromatic heterocycles. The van der Waals surface area contributed by atoms with Crippen molar-refractivity contribution < 1.29 is 0 Å². The van der Waals surface area contributed by atoms with Crippen molar-refractivity contribution in [3.8, 4) is 5.69 Å². The van der Waals surface area contributed by atoms with Crippen LogP contribution in [-0.4, -0.2) is 28.3 Å². The molecule has 0 aliphatic rings. The van der Waals surface area contributed by atoms with Crippen LogP contribution in [0.3, 0.4) is 0 Å². The van der Waals surface area contributed by atoms with Gasteiger partial charge in [0.15, 0.2) is 0 Å². The lowest BCUT2D eigenvalue weighted by molar-refractivity contribution is 0.806. The van der Waals surface area contributed by atoms with Gasteiger partial charge in [0.05, 0.1) is 17.6 Å². The minimum Gasteiger partial charge on any atom is -0.382 e. The van der Waals surface area contributed by atoms with Crippen LogP contribution in [0.15, 0.2) is 35.3 Å². The van der Waals surface area contributed by atoms with Gasteiger partial charge in [0.25, 0.3) is 5.56 Å². The molecule has 0 unspecified atom stereocenters. The first kappa shape index (κ1) is 16.2. The molecule has 0 fully saturated rings. The molecule has 0 aliphatic heterocycles. The number of hydrogen-bond donors (Lipinski definition) is 1. The van der Waals surface area contributed by atoms with Gasteiger partial charge in [0, 0.05) is 11.6 Å². The first-order valence-electron chi connectivity index (χ1n) is 6.40. The third-order valence-corrected chi connectivity index (χ3v) is 4.14. The highest BCUT2D eigenvalue weighted by Crippen LogP contribution is 2.17. The average molecular weight is 344 g/mol. The fourth-order valence-corrected chi connectivity index (χ4v) is 2.52. The van der Waals surface area contributed by atoms with Gasteiger partial charge in [-0.15, -0.1) is 0 Å². The Hall–Kier alpha value is -1.17. The van der Waals surface area contributed by atoms with E-state index < -0.39 is 0 Å². The summed E-state index contributed by atoms with van der Waals surface area (Å²) in [6.45, 7) is 0.757. The molecule has 1 heterocycles. The van der Waals surface area contributed by atoms with Crippen molar-refractivity contribution >= 4 is 40.7 Å². The highest BCUT2D eigenvalue weighted by atomic mass is 35.5. The van der Waals surface area contributed by atoms with E-state index in [1.807, 2.05) is 0 Å². The number of nitrogens with one attached hydrogen (secondary N) is 1. The predicted octanol–water partition coefficient (Wildman–Crippen LogP) is 3.70. The van der Waals surface area contributed by atoms with Crippen molar-refractivity contribution in [2.24, 2.45) is 0 Å². The Balaban J connectivity index is 2.21. The van der Waals surface area contributed by atoms with Crippen molar-refractivity contribution in [2.75, 3.05) is 23.9 Å². The van der Waals surface area contributed by atoms with Crippen LogP contribution in [0.5, 0.6) is 0 Å². The number of benzene rings is 1. The molecule has 7 heteroatoms. The van der Waals surface area contributed by atoms with E-state index >= 15 is 0 Å². The molecule has 4 nitrogen and oxygen atoms in total. The number of anilines is 1. The molecule has 0 atom stereocenters. The predicted molar refractivity (Wildman–Crippen MR) is 91.3 cm³/mol. The summed E-state index contributed by atoms with van der Waals surface area (Å²) in [7, 11) is 0. The Morgan fingerprint density at radius 2 is 2.00 bits per heavy atom. The summed E-state index contributed by atoms with van der Waals surface area (Å²) in [6.07, 6.45) is 4.62. The molecule has 2 rings (SSSR count). The van der Waals surface area contributed by atoms with Gasteiger partial charge in [-0.25, -0.2) is 0 Å². The van der Waals surface area contributed by atoms with Crippen LogP contribution in [0.4, 0.5) is 5.69 Å². The number of rotatable bonds is 6. The van der Waals surface area contributed by atoms with E-state index in [2.05, 4.69) is 16.7 Å².